The van der Waals surface area contributed by atoms with Crippen LogP contribution in [0.5, 0.6) is 0 Å². The zero-order valence-electron chi connectivity index (χ0n) is 20.8. The molecule has 0 aromatic heterocycles. The molecule has 1 aromatic carbocycles. The Kier molecular flexibility index (Phi) is 9.84. The van der Waals surface area contributed by atoms with Gasteiger partial charge in [0.05, 0.1) is 6.61 Å². The van der Waals surface area contributed by atoms with Gasteiger partial charge in [-0.05, 0) is 36.3 Å². The highest BCUT2D eigenvalue weighted by molar-refractivity contribution is 5.81. The molecule has 11 nitrogen and oxygen atoms in total. The van der Waals surface area contributed by atoms with Crippen molar-refractivity contribution >= 4 is 17.2 Å². The number of para-hydroxylation sites is 1. The molecule has 0 spiro atoms. The molecule has 37 heavy (non-hydrogen) atoms. The average molecular weight is 523 g/mol. The number of carbonyl (C=O) groups is 1. The Bertz CT molecular complexity index is 973. The largest absolute Gasteiger partial charge is 0.479 e. The lowest BCUT2D eigenvalue weighted by Crippen LogP contribution is -2.67. The van der Waals surface area contributed by atoms with Gasteiger partial charge in [-0.3, -0.25) is 4.90 Å². The summed E-state index contributed by atoms with van der Waals surface area (Å²) in [5, 5.41) is 66.6. The van der Waals surface area contributed by atoms with E-state index in [0.717, 1.165) is 49.3 Å². The van der Waals surface area contributed by atoms with Gasteiger partial charge in [-0.1, -0.05) is 30.4 Å². The highest BCUT2D eigenvalue weighted by atomic mass is 16.5. The molecule has 4 aliphatic rings. The van der Waals surface area contributed by atoms with Crippen molar-refractivity contribution in [2.24, 2.45) is 11.8 Å². The quantitative estimate of drug-likeness (QED) is 0.191. The van der Waals surface area contributed by atoms with Gasteiger partial charge in [-0.25, -0.2) is 4.79 Å². The van der Waals surface area contributed by atoms with E-state index in [1.165, 1.54) is 0 Å². The van der Waals surface area contributed by atoms with E-state index in [9.17, 15) is 9.90 Å². The van der Waals surface area contributed by atoms with Crippen LogP contribution in [0.4, 0.5) is 5.69 Å². The molecule has 3 saturated heterocycles. The van der Waals surface area contributed by atoms with Crippen LogP contribution in [-0.4, -0.2) is 116 Å². The predicted octanol–water partition coefficient (Wildman–Crippen LogP) is -0.766. The monoisotopic (exact) mass is 522 g/mol. The topological polar surface area (TPSA) is 183 Å². The number of rotatable bonds is 9. The van der Waals surface area contributed by atoms with Crippen molar-refractivity contribution in [2.75, 3.05) is 38.7 Å². The molecule has 9 atom stereocenters. The molecule has 0 saturated carbocycles. The number of hydrogen-bond donors (Lipinski definition) is 8. The van der Waals surface area contributed by atoms with Gasteiger partial charge < -0.3 is 45.8 Å². The van der Waals surface area contributed by atoms with E-state index < -0.39 is 48.8 Å². The van der Waals surface area contributed by atoms with Crippen molar-refractivity contribution in [3.05, 3.63) is 48.6 Å². The zero-order chi connectivity index (χ0) is 27.3. The van der Waals surface area contributed by atoms with E-state index in [0.29, 0.717) is 11.8 Å². The maximum absolute atomic E-state index is 11.4. The van der Waals surface area contributed by atoms with Crippen LogP contribution in [0.25, 0.3) is 5.57 Å². The second kappa shape index (κ2) is 12.5. The minimum absolute atomic E-state index is 0.503. The minimum atomic E-state index is -2.20. The number of aliphatic carboxylic acids is 1. The number of hydrogen-bond acceptors (Lipinski definition) is 10. The van der Waals surface area contributed by atoms with Crippen molar-refractivity contribution in [3.63, 3.8) is 0 Å². The molecule has 4 aliphatic heterocycles. The first-order valence-electron chi connectivity index (χ1n) is 12.3. The van der Waals surface area contributed by atoms with Crippen molar-refractivity contribution < 1.29 is 45.3 Å². The number of benzene rings is 1. The molecule has 2 bridgehead atoms. The number of carboxylic acids is 1. The Morgan fingerprint density at radius 2 is 1.95 bits per heavy atom. The molecule has 1 aromatic rings. The number of fused-ring (bicyclic) bond motifs is 4. The van der Waals surface area contributed by atoms with E-state index in [1.54, 1.807) is 7.11 Å². The van der Waals surface area contributed by atoms with Crippen LogP contribution in [-0.2, 0) is 9.53 Å². The van der Waals surface area contributed by atoms with Gasteiger partial charge in [0.1, 0.15) is 24.4 Å². The maximum Gasteiger partial charge on any atom is 0.335 e. The first-order chi connectivity index (χ1) is 17.6. The molecule has 0 radical (unpaired) electrons. The third-order valence-corrected chi connectivity index (χ3v) is 7.63. The normalized spacial score (nSPS) is 30.2. The van der Waals surface area contributed by atoms with Crippen LogP contribution in [0.1, 0.15) is 18.4 Å². The third kappa shape index (κ3) is 5.89. The third-order valence-electron chi connectivity index (χ3n) is 7.63. The van der Waals surface area contributed by atoms with E-state index in [1.807, 2.05) is 12.1 Å². The summed E-state index contributed by atoms with van der Waals surface area (Å²) in [4.78, 5) is 12.4. The summed E-state index contributed by atoms with van der Waals surface area (Å²) in [6.07, 6.45) is -2.31. The maximum atomic E-state index is 11.4. The lowest BCUT2D eigenvalue weighted by atomic mass is 9.71. The second-order valence-electron chi connectivity index (χ2n) is 9.65. The summed E-state index contributed by atoms with van der Waals surface area (Å²) in [6, 6.07) is 8.18. The molecule has 0 aliphatic carbocycles. The van der Waals surface area contributed by atoms with Crippen molar-refractivity contribution in [1.82, 2.24) is 4.90 Å². The Morgan fingerprint density at radius 3 is 2.51 bits per heavy atom. The molecular weight excluding hydrogens is 484 g/mol. The van der Waals surface area contributed by atoms with Gasteiger partial charge in [0.15, 0.2) is 11.8 Å². The second-order valence-corrected chi connectivity index (χ2v) is 9.65. The molecule has 0 amide bonds. The number of ether oxygens (including phenoxy) is 1. The van der Waals surface area contributed by atoms with Crippen molar-refractivity contribution in [2.45, 2.75) is 49.1 Å². The Hall–Kier alpha value is -2.35. The van der Waals surface area contributed by atoms with E-state index >= 15 is 0 Å². The van der Waals surface area contributed by atoms with Crippen LogP contribution in [0.15, 0.2) is 43.0 Å². The van der Waals surface area contributed by atoms with Gasteiger partial charge >= 0.3 is 5.97 Å². The number of aliphatic hydroxyl groups is 6. The first kappa shape index (κ1) is 29.2. The van der Waals surface area contributed by atoms with E-state index in [2.05, 4.69) is 41.1 Å². The van der Waals surface area contributed by atoms with Crippen LogP contribution >= 0.6 is 0 Å². The smallest absolute Gasteiger partial charge is 0.335 e. The average Bonchev–Trinajstić information content (AvgIpc) is 2.94. The number of carboxylic acid groups (broad SMARTS) is 1. The Morgan fingerprint density at radius 1 is 1.24 bits per heavy atom. The van der Waals surface area contributed by atoms with Gasteiger partial charge in [0.25, 0.3) is 0 Å². The highest BCUT2D eigenvalue weighted by Crippen LogP contribution is 2.48. The highest BCUT2D eigenvalue weighted by Gasteiger charge is 2.54. The summed E-state index contributed by atoms with van der Waals surface area (Å²) in [7, 11) is 1.74. The summed E-state index contributed by atoms with van der Waals surface area (Å²) >= 11 is 0. The van der Waals surface area contributed by atoms with Crippen LogP contribution in [0.2, 0.25) is 0 Å². The number of nitrogens with one attached hydrogen (secondary N) is 1. The molecule has 4 heterocycles. The van der Waals surface area contributed by atoms with Gasteiger partial charge in [-0.15, -0.1) is 6.58 Å². The van der Waals surface area contributed by atoms with E-state index in [-0.39, 0.29) is 0 Å². The molecular formula is C26H38N2O9. The fourth-order valence-electron chi connectivity index (χ4n) is 5.45. The molecule has 3 fully saturated rings. The Labute approximate surface area is 215 Å². The fourth-order valence-corrected chi connectivity index (χ4v) is 5.45. The molecule has 206 valence electrons. The van der Waals surface area contributed by atoms with Crippen molar-refractivity contribution in [1.29, 1.82) is 0 Å². The van der Waals surface area contributed by atoms with Gasteiger partial charge in [0, 0.05) is 38.0 Å². The minimum Gasteiger partial charge on any atom is -0.479 e. The van der Waals surface area contributed by atoms with E-state index in [4.69, 9.17) is 35.4 Å². The van der Waals surface area contributed by atoms with Gasteiger partial charge in [-0.2, -0.15) is 0 Å². The Balaban J connectivity index is 0.000000251. The molecule has 11 heteroatoms. The SMILES string of the molecule is C=C[C@H]1CN2CC[C@@H]1C[C@]2(OC)[C@@H](O)C1=CCNc2ccccc21.O=C(O)[C@H](O)[C@@H](O)[C@H](O)[C@H](O)CO. The van der Waals surface area contributed by atoms with Crippen molar-refractivity contribution in [3.8, 4) is 0 Å². The standard InChI is InChI=1S/C20H26N2O2.C6H12O7/c1-3-14-13-22-11-9-15(14)12-20(22,24-2)19(23)17-8-10-21-18-7-5-4-6-16(17)18;7-1-2(8)3(9)4(10)5(11)6(12)13/h3-8,14-15,19,21,23H,1,9-13H2,2H3;2-5,7-11H,1H2,(H,12,13)/t14-,15+,19-,20-;2-,3-,4+,5-/m01/s1. The summed E-state index contributed by atoms with van der Waals surface area (Å²) in [5.74, 6) is -0.681. The first-order valence-corrected chi connectivity index (χ1v) is 12.3. The molecule has 5 rings (SSSR count). The zero-order valence-corrected chi connectivity index (χ0v) is 20.8. The van der Waals surface area contributed by atoms with Crippen LogP contribution in [0, 0.1) is 11.8 Å². The lowest BCUT2D eigenvalue weighted by molar-refractivity contribution is -0.236. The summed E-state index contributed by atoms with van der Waals surface area (Å²) in [6.45, 7) is 5.79. The molecule has 1 unspecified atom stereocenters. The summed E-state index contributed by atoms with van der Waals surface area (Å²) < 4.78 is 6.02. The van der Waals surface area contributed by atoms with Crippen LogP contribution < -0.4 is 5.32 Å². The fraction of sp³-hybridized carbons (Fsp3) is 0.577. The predicted molar refractivity (Wildman–Crippen MR) is 135 cm³/mol. The summed E-state index contributed by atoms with van der Waals surface area (Å²) in [5.41, 5.74) is 2.52. The number of methoxy groups -OCH3 is 1. The van der Waals surface area contributed by atoms with Crippen LogP contribution in [0.3, 0.4) is 0 Å². The van der Waals surface area contributed by atoms with Gasteiger partial charge in [0.2, 0.25) is 0 Å². The number of anilines is 1. The lowest BCUT2D eigenvalue weighted by Gasteiger charge is -2.57. The number of piperidine rings is 3. The molecule has 8 N–H and O–H groups in total. The number of aliphatic hydroxyl groups excluding tert-OH is 6. The number of nitrogens with zero attached hydrogens (tertiary/aromatic N) is 1.